The maximum Gasteiger partial charge on any atom is 0.258 e. The number of carbonyl (C=O) groups is 2. The molecule has 1 heterocycles. The third-order valence-corrected chi connectivity index (χ3v) is 5.74. The summed E-state index contributed by atoms with van der Waals surface area (Å²) in [5.74, 6) is -0.388. The highest BCUT2D eigenvalue weighted by atomic mass is 35.5. The molecule has 2 N–H and O–H groups in total. The van der Waals surface area contributed by atoms with Crippen molar-refractivity contribution in [3.8, 4) is 0 Å². The molecular weight excluding hydrogens is 467 g/mol. The van der Waals surface area contributed by atoms with E-state index in [-0.39, 0.29) is 21.6 Å². The number of benzene rings is 2. The molecule has 1 saturated heterocycles. The molecule has 0 aromatic heterocycles. The lowest BCUT2D eigenvalue weighted by atomic mass is 10.2. The zero-order chi connectivity index (χ0) is 21.8. The minimum absolute atomic E-state index is 0.0786. The summed E-state index contributed by atoms with van der Waals surface area (Å²) in [7, 11) is 0. The number of amides is 2. The number of halogens is 3. The number of rotatable bonds is 3. The molecule has 158 valence electrons. The van der Waals surface area contributed by atoms with E-state index >= 15 is 0 Å². The Kier molecular flexibility index (Phi) is 7.41. The lowest BCUT2D eigenvalue weighted by Crippen LogP contribution is -2.48. The third-order valence-electron chi connectivity index (χ3n) is 4.67. The van der Waals surface area contributed by atoms with E-state index in [4.69, 9.17) is 47.0 Å². The van der Waals surface area contributed by atoms with Gasteiger partial charge in [0.15, 0.2) is 5.11 Å². The molecule has 30 heavy (non-hydrogen) atoms. The van der Waals surface area contributed by atoms with Gasteiger partial charge in [0.25, 0.3) is 5.91 Å². The number of nitrogens with zero attached hydrogens (tertiary/aromatic N) is 2. The minimum Gasteiger partial charge on any atom is -0.367 e. The Bertz CT molecular complexity index is 994. The van der Waals surface area contributed by atoms with Gasteiger partial charge in [0.05, 0.1) is 21.3 Å². The number of carbonyl (C=O) groups excluding carboxylic acids is 2. The molecule has 3 rings (SSSR count). The number of anilines is 2. The SMILES string of the molecule is CC(=O)N1CCN(c2ccc(NC(=S)NC(=O)c3cc(Cl)ccc3Cl)cc2Cl)CC1. The Balaban J connectivity index is 1.61. The Morgan fingerprint density at radius 3 is 2.30 bits per heavy atom. The smallest absolute Gasteiger partial charge is 0.258 e. The summed E-state index contributed by atoms with van der Waals surface area (Å²) in [5, 5.41) is 6.83. The van der Waals surface area contributed by atoms with E-state index in [1.807, 2.05) is 17.0 Å². The largest absolute Gasteiger partial charge is 0.367 e. The van der Waals surface area contributed by atoms with Crippen molar-refractivity contribution in [2.45, 2.75) is 6.92 Å². The first-order valence-electron chi connectivity index (χ1n) is 9.12. The van der Waals surface area contributed by atoms with E-state index in [0.29, 0.717) is 41.9 Å². The maximum absolute atomic E-state index is 12.4. The number of nitrogens with one attached hydrogen (secondary N) is 2. The van der Waals surface area contributed by atoms with Crippen LogP contribution >= 0.6 is 47.0 Å². The molecule has 2 amide bonds. The van der Waals surface area contributed by atoms with Crippen molar-refractivity contribution in [1.82, 2.24) is 10.2 Å². The van der Waals surface area contributed by atoms with Gasteiger partial charge in [-0.05, 0) is 48.6 Å². The Labute approximate surface area is 195 Å². The highest BCUT2D eigenvalue weighted by molar-refractivity contribution is 7.80. The Morgan fingerprint density at radius 1 is 0.967 bits per heavy atom. The van der Waals surface area contributed by atoms with Crippen LogP contribution in [-0.4, -0.2) is 48.0 Å². The molecule has 2 aromatic carbocycles. The Morgan fingerprint density at radius 2 is 1.67 bits per heavy atom. The van der Waals surface area contributed by atoms with Gasteiger partial charge >= 0.3 is 0 Å². The molecule has 0 atom stereocenters. The van der Waals surface area contributed by atoms with Gasteiger partial charge in [-0.15, -0.1) is 0 Å². The van der Waals surface area contributed by atoms with Crippen LogP contribution in [-0.2, 0) is 4.79 Å². The van der Waals surface area contributed by atoms with Crippen LogP contribution in [0.25, 0.3) is 0 Å². The van der Waals surface area contributed by atoms with Crippen molar-refractivity contribution in [2.24, 2.45) is 0 Å². The van der Waals surface area contributed by atoms with Crippen molar-refractivity contribution in [3.05, 3.63) is 57.0 Å². The molecule has 1 fully saturated rings. The molecule has 0 unspecified atom stereocenters. The van der Waals surface area contributed by atoms with Gasteiger partial charge in [0.1, 0.15) is 0 Å². The summed E-state index contributed by atoms with van der Waals surface area (Å²) in [5.41, 5.74) is 1.74. The molecule has 1 aliphatic rings. The van der Waals surface area contributed by atoms with E-state index in [9.17, 15) is 9.59 Å². The Hall–Kier alpha value is -2.06. The molecule has 0 radical (unpaired) electrons. The van der Waals surface area contributed by atoms with Crippen LogP contribution in [0.5, 0.6) is 0 Å². The maximum atomic E-state index is 12.4. The number of piperazine rings is 1. The molecule has 0 spiro atoms. The van der Waals surface area contributed by atoms with E-state index in [1.54, 1.807) is 25.1 Å². The summed E-state index contributed by atoms with van der Waals surface area (Å²) in [6.07, 6.45) is 0. The van der Waals surface area contributed by atoms with Crippen LogP contribution in [0.1, 0.15) is 17.3 Å². The summed E-state index contributed by atoms with van der Waals surface area (Å²) in [4.78, 5) is 27.8. The first-order chi connectivity index (χ1) is 14.2. The van der Waals surface area contributed by atoms with Gasteiger partial charge in [-0.1, -0.05) is 34.8 Å². The fourth-order valence-corrected chi connectivity index (χ4v) is 3.99. The topological polar surface area (TPSA) is 64.7 Å². The van der Waals surface area contributed by atoms with Crippen molar-refractivity contribution in [2.75, 3.05) is 36.4 Å². The molecule has 0 saturated carbocycles. The number of hydrogen-bond donors (Lipinski definition) is 2. The average molecular weight is 486 g/mol. The summed E-state index contributed by atoms with van der Waals surface area (Å²) < 4.78 is 0. The van der Waals surface area contributed by atoms with Gasteiger partial charge in [0.2, 0.25) is 5.91 Å². The van der Waals surface area contributed by atoms with Crippen molar-refractivity contribution in [1.29, 1.82) is 0 Å². The fourth-order valence-electron chi connectivity index (χ4n) is 3.11. The molecule has 10 heteroatoms. The van der Waals surface area contributed by atoms with E-state index in [1.165, 1.54) is 6.07 Å². The fraction of sp³-hybridized carbons (Fsp3) is 0.250. The van der Waals surface area contributed by atoms with E-state index in [0.717, 1.165) is 5.69 Å². The average Bonchev–Trinajstić information content (AvgIpc) is 2.70. The summed E-state index contributed by atoms with van der Waals surface area (Å²) in [6.45, 7) is 4.31. The normalized spacial score (nSPS) is 13.7. The van der Waals surface area contributed by atoms with E-state index < -0.39 is 5.91 Å². The molecule has 1 aliphatic heterocycles. The predicted octanol–water partition coefficient (Wildman–Crippen LogP) is 4.44. The van der Waals surface area contributed by atoms with Crippen LogP contribution in [0.15, 0.2) is 36.4 Å². The van der Waals surface area contributed by atoms with Gasteiger partial charge in [0, 0.05) is 43.8 Å². The standard InChI is InChI=1S/C20H19Cl3N4O2S/c1-12(28)26-6-8-27(9-7-26)18-5-3-14(11-17(18)23)24-20(30)25-19(29)15-10-13(21)2-4-16(15)22/h2-5,10-11H,6-9H2,1H3,(H2,24,25,29,30). The quantitative estimate of drug-likeness (QED) is 0.629. The first-order valence-corrected chi connectivity index (χ1v) is 10.7. The summed E-state index contributed by atoms with van der Waals surface area (Å²) >= 11 is 23.6. The van der Waals surface area contributed by atoms with Crippen LogP contribution in [0.4, 0.5) is 11.4 Å². The highest BCUT2D eigenvalue weighted by Gasteiger charge is 2.20. The second-order valence-electron chi connectivity index (χ2n) is 6.69. The van der Waals surface area contributed by atoms with Gasteiger partial charge in [-0.3, -0.25) is 14.9 Å². The number of thiocarbonyl (C=S) groups is 1. The lowest BCUT2D eigenvalue weighted by molar-refractivity contribution is -0.129. The first kappa shape index (κ1) is 22.6. The molecule has 2 aromatic rings. The monoisotopic (exact) mass is 484 g/mol. The molecule has 6 nitrogen and oxygen atoms in total. The zero-order valence-electron chi connectivity index (χ0n) is 16.0. The van der Waals surface area contributed by atoms with Gasteiger partial charge in [-0.25, -0.2) is 0 Å². The van der Waals surface area contributed by atoms with Crippen LogP contribution < -0.4 is 15.5 Å². The lowest BCUT2D eigenvalue weighted by Gasteiger charge is -2.36. The van der Waals surface area contributed by atoms with Crippen LogP contribution in [0.2, 0.25) is 15.1 Å². The van der Waals surface area contributed by atoms with Crippen molar-refractivity contribution in [3.63, 3.8) is 0 Å². The third kappa shape index (κ3) is 5.55. The molecule has 0 bridgehead atoms. The highest BCUT2D eigenvalue weighted by Crippen LogP contribution is 2.29. The van der Waals surface area contributed by atoms with Crippen LogP contribution in [0, 0.1) is 0 Å². The minimum atomic E-state index is -0.467. The second-order valence-corrected chi connectivity index (χ2v) is 8.35. The molecule has 0 aliphatic carbocycles. The van der Waals surface area contributed by atoms with Crippen LogP contribution in [0.3, 0.4) is 0 Å². The van der Waals surface area contributed by atoms with E-state index in [2.05, 4.69) is 15.5 Å². The van der Waals surface area contributed by atoms with Gasteiger partial charge < -0.3 is 15.1 Å². The van der Waals surface area contributed by atoms with Crippen molar-refractivity contribution >= 4 is 75.3 Å². The van der Waals surface area contributed by atoms with Crippen molar-refractivity contribution < 1.29 is 9.59 Å². The second kappa shape index (κ2) is 9.83. The summed E-state index contributed by atoms with van der Waals surface area (Å²) in [6, 6.07) is 10.1. The zero-order valence-corrected chi connectivity index (χ0v) is 19.1. The number of hydrogen-bond acceptors (Lipinski definition) is 4. The molecular formula is C20H19Cl3N4O2S. The predicted molar refractivity (Wildman–Crippen MR) is 126 cm³/mol. The van der Waals surface area contributed by atoms with Gasteiger partial charge in [-0.2, -0.15) is 0 Å².